The van der Waals surface area contributed by atoms with E-state index in [1.807, 2.05) is 37.3 Å². The van der Waals surface area contributed by atoms with E-state index in [-0.39, 0.29) is 11.7 Å². The summed E-state index contributed by atoms with van der Waals surface area (Å²) in [7, 11) is 0. The first kappa shape index (κ1) is 14.7. The molecule has 0 fully saturated rings. The Kier molecular flexibility index (Phi) is 4.64. The van der Waals surface area contributed by atoms with Crippen LogP contribution in [0, 0.1) is 21.4 Å². The fraction of sp³-hybridized carbons (Fsp3) is 0.188. The van der Waals surface area contributed by atoms with Crippen LogP contribution in [0.4, 0.5) is 5.69 Å². The third-order valence-corrected chi connectivity index (χ3v) is 3.29. The minimum absolute atomic E-state index is 0.0446. The van der Waals surface area contributed by atoms with Crippen LogP contribution >= 0.6 is 0 Å². The molecule has 0 spiro atoms. The highest BCUT2D eigenvalue weighted by Gasteiger charge is 2.22. The smallest absolute Gasteiger partial charge is 0.275 e. The van der Waals surface area contributed by atoms with Crippen LogP contribution in [-0.4, -0.2) is 4.92 Å². The molecule has 2 aromatic carbocycles. The molecule has 0 aliphatic carbocycles. The van der Waals surface area contributed by atoms with Gasteiger partial charge in [-0.15, -0.1) is 0 Å². The molecular formula is C16H15N3O2. The fourth-order valence-corrected chi connectivity index (χ4v) is 2.18. The van der Waals surface area contributed by atoms with Crippen LogP contribution in [-0.2, 0) is 0 Å². The van der Waals surface area contributed by atoms with E-state index in [0.717, 1.165) is 5.56 Å². The van der Waals surface area contributed by atoms with Gasteiger partial charge in [0.2, 0.25) is 0 Å². The van der Waals surface area contributed by atoms with Crippen molar-refractivity contribution in [1.82, 2.24) is 5.32 Å². The van der Waals surface area contributed by atoms with Crippen molar-refractivity contribution >= 4 is 5.69 Å². The summed E-state index contributed by atoms with van der Waals surface area (Å²) in [5.41, 5.74) is 1.36. The van der Waals surface area contributed by atoms with E-state index in [1.165, 1.54) is 6.07 Å². The minimum atomic E-state index is -0.734. The molecule has 0 aliphatic rings. The van der Waals surface area contributed by atoms with Crippen LogP contribution < -0.4 is 5.32 Å². The lowest BCUT2D eigenvalue weighted by Gasteiger charge is -2.18. The van der Waals surface area contributed by atoms with Crippen molar-refractivity contribution in [3.05, 3.63) is 75.8 Å². The summed E-state index contributed by atoms with van der Waals surface area (Å²) in [5.74, 6) is 0. The van der Waals surface area contributed by atoms with Gasteiger partial charge in [-0.05, 0) is 18.6 Å². The zero-order chi connectivity index (χ0) is 15.2. The molecule has 0 amide bonds. The molecule has 0 aliphatic heterocycles. The average molecular weight is 281 g/mol. The molecule has 2 unspecified atom stereocenters. The van der Waals surface area contributed by atoms with Gasteiger partial charge < -0.3 is 0 Å². The molecule has 2 rings (SSSR count). The molecule has 5 heteroatoms. The molecule has 2 aromatic rings. The molecule has 21 heavy (non-hydrogen) atoms. The van der Waals surface area contributed by atoms with Gasteiger partial charge in [-0.1, -0.05) is 42.5 Å². The van der Waals surface area contributed by atoms with E-state index >= 15 is 0 Å². The predicted octanol–water partition coefficient (Wildman–Crippen LogP) is 3.51. The summed E-state index contributed by atoms with van der Waals surface area (Å²) in [6, 6.07) is 17.2. The Morgan fingerprint density at radius 2 is 1.76 bits per heavy atom. The number of hydrogen-bond acceptors (Lipinski definition) is 4. The van der Waals surface area contributed by atoms with Gasteiger partial charge in [0.05, 0.1) is 16.6 Å². The van der Waals surface area contributed by atoms with E-state index < -0.39 is 11.0 Å². The van der Waals surface area contributed by atoms with E-state index in [0.29, 0.717) is 5.56 Å². The predicted molar refractivity (Wildman–Crippen MR) is 79.4 cm³/mol. The Morgan fingerprint density at radius 1 is 1.14 bits per heavy atom. The number of nitro groups is 1. The van der Waals surface area contributed by atoms with Crippen molar-refractivity contribution in [2.24, 2.45) is 0 Å². The third kappa shape index (κ3) is 3.44. The monoisotopic (exact) mass is 281 g/mol. The van der Waals surface area contributed by atoms with Crippen molar-refractivity contribution in [1.29, 1.82) is 5.26 Å². The zero-order valence-corrected chi connectivity index (χ0v) is 11.6. The molecular weight excluding hydrogens is 266 g/mol. The van der Waals surface area contributed by atoms with Gasteiger partial charge in [0.1, 0.15) is 6.04 Å². The van der Waals surface area contributed by atoms with E-state index in [1.54, 1.807) is 18.2 Å². The number of nitrogens with one attached hydrogen (secondary N) is 1. The van der Waals surface area contributed by atoms with Gasteiger partial charge in [0.15, 0.2) is 0 Å². The van der Waals surface area contributed by atoms with Crippen LogP contribution in [0.15, 0.2) is 54.6 Å². The van der Waals surface area contributed by atoms with E-state index in [9.17, 15) is 15.4 Å². The zero-order valence-electron chi connectivity index (χ0n) is 11.6. The maximum Gasteiger partial charge on any atom is 0.275 e. The van der Waals surface area contributed by atoms with Crippen molar-refractivity contribution in [3.8, 4) is 6.07 Å². The maximum absolute atomic E-state index is 11.1. The van der Waals surface area contributed by atoms with Crippen molar-refractivity contribution in [3.63, 3.8) is 0 Å². The largest absolute Gasteiger partial charge is 0.291 e. The highest BCUT2D eigenvalue weighted by atomic mass is 16.6. The molecule has 0 aromatic heterocycles. The van der Waals surface area contributed by atoms with Gasteiger partial charge >= 0.3 is 0 Å². The molecule has 5 nitrogen and oxygen atoms in total. The highest BCUT2D eigenvalue weighted by Crippen LogP contribution is 2.26. The molecule has 0 saturated carbocycles. The van der Waals surface area contributed by atoms with Crippen LogP contribution in [0.3, 0.4) is 0 Å². The number of nitriles is 1. The molecule has 0 saturated heterocycles. The van der Waals surface area contributed by atoms with Crippen LogP contribution in [0.25, 0.3) is 0 Å². The molecule has 2 atom stereocenters. The summed E-state index contributed by atoms with van der Waals surface area (Å²) in [6.45, 7) is 1.93. The fourth-order valence-electron chi connectivity index (χ4n) is 2.18. The first-order valence-electron chi connectivity index (χ1n) is 6.57. The van der Waals surface area contributed by atoms with Gasteiger partial charge in [-0.25, -0.2) is 0 Å². The number of para-hydroxylation sites is 1. The Bertz CT molecular complexity index is 665. The lowest BCUT2D eigenvalue weighted by atomic mass is 10.0. The maximum atomic E-state index is 11.1. The number of hydrogen-bond donors (Lipinski definition) is 1. The lowest BCUT2D eigenvalue weighted by Crippen LogP contribution is -2.24. The Hall–Kier alpha value is -2.71. The van der Waals surface area contributed by atoms with Crippen molar-refractivity contribution in [2.75, 3.05) is 0 Å². The van der Waals surface area contributed by atoms with Crippen molar-refractivity contribution < 1.29 is 4.92 Å². The first-order valence-corrected chi connectivity index (χ1v) is 6.57. The van der Waals surface area contributed by atoms with Crippen LogP contribution in [0.5, 0.6) is 0 Å². The summed E-state index contributed by atoms with van der Waals surface area (Å²) in [6.07, 6.45) is 0. The third-order valence-electron chi connectivity index (χ3n) is 3.29. The van der Waals surface area contributed by atoms with Crippen LogP contribution in [0.2, 0.25) is 0 Å². The van der Waals surface area contributed by atoms with Gasteiger partial charge in [-0.2, -0.15) is 5.26 Å². The Balaban J connectivity index is 2.26. The number of nitrogens with zero attached hydrogens (tertiary/aromatic N) is 2. The van der Waals surface area contributed by atoms with E-state index in [4.69, 9.17) is 0 Å². The molecule has 1 N–H and O–H groups in total. The molecule has 0 radical (unpaired) electrons. The van der Waals surface area contributed by atoms with Gasteiger partial charge in [0, 0.05) is 12.1 Å². The average Bonchev–Trinajstić information content (AvgIpc) is 2.53. The number of nitro benzene ring substituents is 1. The highest BCUT2D eigenvalue weighted by molar-refractivity contribution is 5.44. The normalized spacial score (nSPS) is 13.1. The molecule has 0 heterocycles. The minimum Gasteiger partial charge on any atom is -0.291 e. The van der Waals surface area contributed by atoms with Gasteiger partial charge in [0.25, 0.3) is 5.69 Å². The first-order chi connectivity index (χ1) is 10.1. The summed E-state index contributed by atoms with van der Waals surface area (Å²) < 4.78 is 0. The second-order valence-electron chi connectivity index (χ2n) is 4.68. The summed E-state index contributed by atoms with van der Waals surface area (Å²) in [4.78, 5) is 10.6. The lowest BCUT2D eigenvalue weighted by molar-refractivity contribution is -0.385. The SMILES string of the molecule is CC(NC(C#N)c1ccccc1[N+](=O)[O-])c1ccccc1. The number of rotatable bonds is 5. The number of benzene rings is 2. The van der Waals surface area contributed by atoms with Crippen molar-refractivity contribution in [2.45, 2.75) is 19.0 Å². The molecule has 0 bridgehead atoms. The second-order valence-corrected chi connectivity index (χ2v) is 4.68. The standard InChI is InChI=1S/C16H15N3O2/c1-12(13-7-3-2-4-8-13)18-15(11-17)14-9-5-6-10-16(14)19(20)21/h2-10,12,15,18H,1H3. The topological polar surface area (TPSA) is 79.0 Å². The Labute approximate surface area is 123 Å². The second kappa shape index (κ2) is 6.64. The van der Waals surface area contributed by atoms with E-state index in [2.05, 4.69) is 11.4 Å². The molecule has 106 valence electrons. The van der Waals surface area contributed by atoms with Crippen LogP contribution in [0.1, 0.15) is 30.1 Å². The quantitative estimate of drug-likeness (QED) is 0.672. The Morgan fingerprint density at radius 3 is 2.38 bits per heavy atom. The summed E-state index contributed by atoms with van der Waals surface area (Å²) >= 11 is 0. The summed E-state index contributed by atoms with van der Waals surface area (Å²) in [5, 5.41) is 23.5. The van der Waals surface area contributed by atoms with Gasteiger partial charge in [-0.3, -0.25) is 15.4 Å².